The van der Waals surface area contributed by atoms with E-state index in [1.54, 1.807) is 0 Å². The molecule has 1 rings (SSSR count). The minimum atomic E-state index is -0.151. The van der Waals surface area contributed by atoms with Gasteiger partial charge in [0.2, 0.25) is 0 Å². The Morgan fingerprint density at radius 3 is 2.04 bits per heavy atom. The second kappa shape index (κ2) is 7.04. The molecule has 3 heteroatoms. The molecule has 0 aromatic heterocycles. The van der Waals surface area contributed by atoms with Gasteiger partial charge in [0.15, 0.2) is 0 Å². The Morgan fingerprint density at radius 1 is 1.09 bits per heavy atom. The van der Waals surface area contributed by atoms with Crippen LogP contribution in [-0.2, 0) is 10.8 Å². The molecule has 0 fully saturated rings. The van der Waals surface area contributed by atoms with Crippen molar-refractivity contribution in [1.29, 1.82) is 0 Å². The lowest BCUT2D eigenvalue weighted by Crippen LogP contribution is -2.19. The highest BCUT2D eigenvalue weighted by molar-refractivity contribution is 6.01. The van der Waals surface area contributed by atoms with E-state index in [9.17, 15) is 10.2 Å². The maximum Gasteiger partial charge on any atom is 0.128 e. The van der Waals surface area contributed by atoms with Gasteiger partial charge in [0, 0.05) is 16.8 Å². The highest BCUT2D eigenvalue weighted by atomic mass is 16.3. The Balaban J connectivity index is 3.59. The first-order valence-corrected chi connectivity index (χ1v) is 8.45. The molecule has 0 aliphatic rings. The smallest absolute Gasteiger partial charge is 0.128 e. The fraction of sp³-hybridized carbons (Fsp3) is 0.650. The minimum absolute atomic E-state index is 0.0101. The number of hydrogen-bond donors (Lipinski definition) is 2. The van der Waals surface area contributed by atoms with E-state index in [1.165, 1.54) is 5.56 Å². The molecule has 0 aliphatic heterocycles. The van der Waals surface area contributed by atoms with Crippen molar-refractivity contribution in [3.63, 3.8) is 0 Å². The van der Waals surface area contributed by atoms with Gasteiger partial charge in [-0.1, -0.05) is 54.5 Å². The molecule has 0 spiro atoms. The van der Waals surface area contributed by atoms with E-state index in [0.29, 0.717) is 5.75 Å². The van der Waals surface area contributed by atoms with Gasteiger partial charge in [-0.3, -0.25) is 4.99 Å². The monoisotopic (exact) mass is 319 g/mol. The quantitative estimate of drug-likeness (QED) is 0.799. The van der Waals surface area contributed by atoms with Crippen LogP contribution in [0.15, 0.2) is 17.1 Å². The maximum atomic E-state index is 10.8. The van der Waals surface area contributed by atoms with E-state index in [2.05, 4.69) is 52.6 Å². The van der Waals surface area contributed by atoms with Gasteiger partial charge in [0.05, 0.1) is 12.6 Å². The predicted octanol–water partition coefficient (Wildman–Crippen LogP) is 4.57. The molecule has 1 aromatic rings. The van der Waals surface area contributed by atoms with Crippen molar-refractivity contribution in [2.75, 3.05) is 6.61 Å². The highest BCUT2D eigenvalue weighted by Crippen LogP contribution is 2.38. The molecule has 0 bridgehead atoms. The second-order valence-corrected chi connectivity index (χ2v) is 8.38. The highest BCUT2D eigenvalue weighted by Gasteiger charge is 2.25. The third kappa shape index (κ3) is 4.81. The molecule has 1 atom stereocenters. The number of aliphatic hydroxyl groups is 1. The van der Waals surface area contributed by atoms with Crippen molar-refractivity contribution in [3.05, 3.63) is 28.8 Å². The Morgan fingerprint density at radius 2 is 1.65 bits per heavy atom. The van der Waals surface area contributed by atoms with Gasteiger partial charge in [0.1, 0.15) is 5.75 Å². The number of phenolic OH excluding ortho intramolecular Hbond substituents is 1. The van der Waals surface area contributed by atoms with E-state index in [0.717, 1.165) is 23.3 Å². The number of rotatable bonds is 4. The predicted molar refractivity (Wildman–Crippen MR) is 98.9 cm³/mol. The van der Waals surface area contributed by atoms with Crippen molar-refractivity contribution in [1.82, 2.24) is 0 Å². The van der Waals surface area contributed by atoms with Crippen LogP contribution in [0.1, 0.15) is 78.5 Å². The molecule has 0 amide bonds. The molecule has 2 N–H and O–H groups in total. The number of aromatic hydroxyl groups is 1. The Kier molecular flexibility index (Phi) is 6.03. The number of aliphatic imine (C=N–C) groups is 1. The number of hydrogen-bond acceptors (Lipinski definition) is 3. The van der Waals surface area contributed by atoms with E-state index >= 15 is 0 Å². The van der Waals surface area contributed by atoms with Crippen LogP contribution >= 0.6 is 0 Å². The lowest BCUT2D eigenvalue weighted by atomic mass is 9.78. The van der Waals surface area contributed by atoms with Crippen LogP contribution in [0.4, 0.5) is 0 Å². The summed E-state index contributed by atoms with van der Waals surface area (Å²) in [5.41, 5.74) is 3.51. The fourth-order valence-corrected chi connectivity index (χ4v) is 2.52. The van der Waals surface area contributed by atoms with Crippen molar-refractivity contribution >= 4 is 5.71 Å². The summed E-state index contributed by atoms with van der Waals surface area (Å²) in [7, 11) is 0. The van der Waals surface area contributed by atoms with Crippen LogP contribution in [0.3, 0.4) is 0 Å². The van der Waals surface area contributed by atoms with Crippen LogP contribution in [0.2, 0.25) is 0 Å². The van der Waals surface area contributed by atoms with Gasteiger partial charge in [-0.05, 0) is 35.8 Å². The van der Waals surface area contributed by atoms with Gasteiger partial charge < -0.3 is 10.2 Å². The topological polar surface area (TPSA) is 52.8 Å². The van der Waals surface area contributed by atoms with Crippen molar-refractivity contribution in [2.45, 2.75) is 78.7 Å². The van der Waals surface area contributed by atoms with E-state index in [1.807, 2.05) is 19.9 Å². The molecule has 0 heterocycles. The number of benzene rings is 1. The summed E-state index contributed by atoms with van der Waals surface area (Å²) in [5, 5.41) is 20.2. The zero-order chi connectivity index (χ0) is 18.0. The zero-order valence-corrected chi connectivity index (χ0v) is 16.0. The first-order chi connectivity index (χ1) is 10.4. The Bertz CT molecular complexity index is 571. The molecule has 0 radical (unpaired) electrons. The summed E-state index contributed by atoms with van der Waals surface area (Å²) in [6.45, 7) is 16.8. The second-order valence-electron chi connectivity index (χ2n) is 8.38. The zero-order valence-electron chi connectivity index (χ0n) is 16.0. The van der Waals surface area contributed by atoms with Gasteiger partial charge in [0.25, 0.3) is 0 Å². The van der Waals surface area contributed by atoms with Crippen LogP contribution < -0.4 is 0 Å². The van der Waals surface area contributed by atoms with Crippen molar-refractivity contribution in [3.8, 4) is 5.75 Å². The molecule has 1 aromatic carbocycles. The Labute approximate surface area is 141 Å². The SMILES string of the molecule is CC[C@@H](CO)N=C(C)c1cc(C(C)(C)C)cc(C(C)(C)C)c1O. The number of nitrogens with zero attached hydrogens (tertiary/aromatic N) is 1. The third-order valence-electron chi connectivity index (χ3n) is 4.23. The Hall–Kier alpha value is -1.35. The average Bonchev–Trinajstić information content (AvgIpc) is 2.42. The molecular weight excluding hydrogens is 286 g/mol. The van der Waals surface area contributed by atoms with Gasteiger partial charge in [-0.2, -0.15) is 0 Å². The van der Waals surface area contributed by atoms with Gasteiger partial charge in [-0.15, -0.1) is 0 Å². The summed E-state index contributed by atoms with van der Waals surface area (Å²) in [4.78, 5) is 4.60. The average molecular weight is 319 g/mol. The number of aliphatic hydroxyl groups excluding tert-OH is 1. The molecule has 0 saturated heterocycles. The van der Waals surface area contributed by atoms with Crippen molar-refractivity contribution in [2.24, 2.45) is 4.99 Å². The molecule has 23 heavy (non-hydrogen) atoms. The van der Waals surface area contributed by atoms with Gasteiger partial charge >= 0.3 is 0 Å². The maximum absolute atomic E-state index is 10.8. The van der Waals surface area contributed by atoms with Crippen LogP contribution in [-0.4, -0.2) is 28.6 Å². The largest absolute Gasteiger partial charge is 0.507 e. The summed E-state index contributed by atoms with van der Waals surface area (Å²) < 4.78 is 0. The van der Waals surface area contributed by atoms with Gasteiger partial charge in [-0.25, -0.2) is 0 Å². The van der Waals surface area contributed by atoms with Crippen molar-refractivity contribution < 1.29 is 10.2 Å². The van der Waals surface area contributed by atoms with Crippen LogP contribution in [0.25, 0.3) is 0 Å². The molecule has 130 valence electrons. The molecule has 0 saturated carbocycles. The fourth-order valence-electron chi connectivity index (χ4n) is 2.52. The molecule has 0 aliphatic carbocycles. The molecule has 0 unspecified atom stereocenters. The van der Waals surface area contributed by atoms with Crippen LogP contribution in [0.5, 0.6) is 5.75 Å². The van der Waals surface area contributed by atoms with Crippen LogP contribution in [0, 0.1) is 0 Å². The van der Waals surface area contributed by atoms with E-state index < -0.39 is 0 Å². The third-order valence-corrected chi connectivity index (χ3v) is 4.23. The lowest BCUT2D eigenvalue weighted by molar-refractivity contribution is 0.264. The first kappa shape index (κ1) is 19.7. The summed E-state index contributed by atoms with van der Waals surface area (Å²) in [6, 6.07) is 4.02. The lowest BCUT2D eigenvalue weighted by Gasteiger charge is -2.27. The normalized spacial score (nSPS) is 14.9. The minimum Gasteiger partial charge on any atom is -0.507 e. The molecule has 3 nitrogen and oxygen atoms in total. The van der Waals surface area contributed by atoms with E-state index in [-0.39, 0.29) is 23.5 Å². The summed E-state index contributed by atoms with van der Waals surface area (Å²) >= 11 is 0. The molecular formula is C20H33NO2. The standard InChI is InChI=1S/C20H33NO2/c1-9-15(12-22)21-13(2)16-10-14(19(3,4)5)11-17(18(16)23)20(6,7)8/h10-11,15,22-23H,9,12H2,1-8H3/t15-/m0/s1. The first-order valence-electron chi connectivity index (χ1n) is 8.45. The van der Waals surface area contributed by atoms with E-state index in [4.69, 9.17) is 0 Å². The summed E-state index contributed by atoms with van der Waals surface area (Å²) in [5.74, 6) is 0.305. The summed E-state index contributed by atoms with van der Waals surface area (Å²) in [6.07, 6.45) is 0.777. The number of phenols is 1.